The summed E-state index contributed by atoms with van der Waals surface area (Å²) < 4.78 is 19.0. The van der Waals surface area contributed by atoms with Crippen LogP contribution in [-0.4, -0.2) is 60.9 Å². The van der Waals surface area contributed by atoms with Crippen LogP contribution in [0, 0.1) is 29.0 Å². The molecular formula is C25H33FN2O3. The molecule has 0 radical (unpaired) electrons. The Morgan fingerprint density at radius 3 is 2.61 bits per heavy atom. The Bertz CT molecular complexity index is 864. The van der Waals surface area contributed by atoms with Crippen LogP contribution in [0.2, 0.25) is 0 Å². The summed E-state index contributed by atoms with van der Waals surface area (Å²) in [6.45, 7) is 8.42. The maximum atomic E-state index is 13.2. The number of carbonyl (C=O) groups excluding carboxylic acids is 1. The molecule has 5 rings (SSSR count). The van der Waals surface area contributed by atoms with E-state index in [2.05, 4.69) is 29.7 Å². The van der Waals surface area contributed by atoms with Crippen LogP contribution in [0.3, 0.4) is 0 Å². The molecule has 1 saturated carbocycles. The molecule has 5 nitrogen and oxygen atoms in total. The van der Waals surface area contributed by atoms with Crippen molar-refractivity contribution in [2.75, 3.05) is 37.6 Å². The molecule has 0 aromatic heterocycles. The summed E-state index contributed by atoms with van der Waals surface area (Å²) >= 11 is 0. The van der Waals surface area contributed by atoms with Gasteiger partial charge in [-0.3, -0.25) is 9.69 Å². The molecule has 4 aliphatic rings. The summed E-state index contributed by atoms with van der Waals surface area (Å²) in [4.78, 5) is 17.4. The first kappa shape index (κ1) is 21.0. The molecule has 1 aromatic rings. The van der Waals surface area contributed by atoms with E-state index in [9.17, 15) is 14.3 Å². The zero-order chi connectivity index (χ0) is 21.8. The van der Waals surface area contributed by atoms with Gasteiger partial charge < -0.3 is 14.7 Å². The van der Waals surface area contributed by atoms with E-state index in [0.717, 1.165) is 51.1 Å². The molecule has 2 aliphatic heterocycles. The number of hydrogen-bond acceptors (Lipinski definition) is 5. The van der Waals surface area contributed by atoms with E-state index < -0.39 is 6.10 Å². The van der Waals surface area contributed by atoms with Gasteiger partial charge in [-0.15, -0.1) is 0 Å². The monoisotopic (exact) mass is 428 g/mol. The molecule has 6 atom stereocenters. The van der Waals surface area contributed by atoms with Crippen LogP contribution < -0.4 is 4.90 Å². The number of carbonyl (C=O) groups is 1. The second-order valence-electron chi connectivity index (χ2n) is 10.1. The van der Waals surface area contributed by atoms with Crippen molar-refractivity contribution in [3.05, 3.63) is 41.7 Å². The molecule has 2 heterocycles. The molecule has 0 unspecified atom stereocenters. The lowest BCUT2D eigenvalue weighted by Crippen LogP contribution is -2.55. The maximum Gasteiger partial charge on any atom is 0.311 e. The third-order valence-electron chi connectivity index (χ3n) is 8.59. The molecule has 168 valence electrons. The minimum Gasteiger partial charge on any atom is -0.461 e. The smallest absolute Gasteiger partial charge is 0.311 e. The van der Waals surface area contributed by atoms with Crippen molar-refractivity contribution < 1.29 is 19.0 Å². The fourth-order valence-electron chi connectivity index (χ4n) is 6.39. The lowest BCUT2D eigenvalue weighted by atomic mass is 9.55. The quantitative estimate of drug-likeness (QED) is 0.592. The molecule has 2 saturated heterocycles. The second-order valence-corrected chi connectivity index (χ2v) is 10.1. The van der Waals surface area contributed by atoms with E-state index in [-0.39, 0.29) is 35.1 Å². The number of esters is 1. The Balaban J connectivity index is 1.27. The number of fused-ring (bicyclic) bond motifs is 2. The first-order valence-electron chi connectivity index (χ1n) is 11.7. The van der Waals surface area contributed by atoms with Gasteiger partial charge in [0.1, 0.15) is 11.9 Å². The van der Waals surface area contributed by atoms with Crippen molar-refractivity contribution in [1.29, 1.82) is 0 Å². The highest BCUT2D eigenvalue weighted by Gasteiger charge is 2.59. The molecular weight excluding hydrogens is 395 g/mol. The van der Waals surface area contributed by atoms with Gasteiger partial charge in [0, 0.05) is 56.2 Å². The number of ether oxygens (including phenoxy) is 1. The number of piperazine rings is 1. The third kappa shape index (κ3) is 3.48. The number of allylic oxidation sites excluding steroid dienone is 1. The highest BCUT2D eigenvalue weighted by Crippen LogP contribution is 2.56. The van der Waals surface area contributed by atoms with E-state index in [4.69, 9.17) is 4.74 Å². The summed E-state index contributed by atoms with van der Waals surface area (Å²) in [5.41, 5.74) is 2.05. The number of anilines is 1. The van der Waals surface area contributed by atoms with Gasteiger partial charge >= 0.3 is 5.97 Å². The minimum atomic E-state index is -0.551. The van der Waals surface area contributed by atoms with Crippen molar-refractivity contribution in [3.63, 3.8) is 0 Å². The lowest BCUT2D eigenvalue weighted by molar-refractivity contribution is -0.145. The highest BCUT2D eigenvalue weighted by atomic mass is 19.1. The number of halogens is 1. The van der Waals surface area contributed by atoms with Crippen LogP contribution in [0.4, 0.5) is 10.1 Å². The van der Waals surface area contributed by atoms with E-state index in [1.807, 2.05) is 12.1 Å². The number of benzene rings is 1. The first-order valence-corrected chi connectivity index (χ1v) is 11.7. The van der Waals surface area contributed by atoms with E-state index >= 15 is 0 Å². The lowest BCUT2D eigenvalue weighted by Gasteiger charge is -2.52. The maximum absolute atomic E-state index is 13.2. The van der Waals surface area contributed by atoms with Gasteiger partial charge in [0.2, 0.25) is 0 Å². The van der Waals surface area contributed by atoms with Gasteiger partial charge in [-0.05, 0) is 43.0 Å². The average molecular weight is 429 g/mol. The van der Waals surface area contributed by atoms with Gasteiger partial charge in [0.05, 0.1) is 12.0 Å². The standard InChI is InChI=1S/C25H33FN2O3/c1-16-4-3-5-17-14-21-22(23(29)25(16,17)2)20(24(30)31-21)15-27-10-12-28(13-11-27)19-8-6-18(26)7-9-19/h5-9,16,20-23,29H,3-4,10-15H2,1-2H3/t16-,20-,21-,22+,23-,25-/m1/s1. The number of nitrogens with zero attached hydrogens (tertiary/aromatic N) is 2. The SMILES string of the molecule is C[C@@H]1CCC=C2C[C@H]3OC(=O)[C@H](CN4CCN(c5ccc(F)cc5)CC4)[C@@H]3[C@@H](O)[C@@]21C. The van der Waals surface area contributed by atoms with Crippen molar-refractivity contribution in [2.24, 2.45) is 23.2 Å². The summed E-state index contributed by atoms with van der Waals surface area (Å²) in [7, 11) is 0. The molecule has 6 heteroatoms. The summed E-state index contributed by atoms with van der Waals surface area (Å²) in [6, 6.07) is 6.63. The molecule has 0 amide bonds. The third-order valence-corrected chi connectivity index (χ3v) is 8.59. The van der Waals surface area contributed by atoms with Crippen LogP contribution >= 0.6 is 0 Å². The molecule has 2 aliphatic carbocycles. The van der Waals surface area contributed by atoms with Crippen LogP contribution in [-0.2, 0) is 9.53 Å². The highest BCUT2D eigenvalue weighted by molar-refractivity contribution is 5.76. The minimum absolute atomic E-state index is 0.134. The fourth-order valence-corrected chi connectivity index (χ4v) is 6.39. The molecule has 0 spiro atoms. The van der Waals surface area contributed by atoms with Crippen LogP contribution in [0.25, 0.3) is 0 Å². The zero-order valence-corrected chi connectivity index (χ0v) is 18.5. The van der Waals surface area contributed by atoms with E-state index in [0.29, 0.717) is 12.5 Å². The topological polar surface area (TPSA) is 53.0 Å². The molecule has 0 bridgehead atoms. The summed E-state index contributed by atoms with van der Waals surface area (Å²) in [5, 5.41) is 11.5. The first-order chi connectivity index (χ1) is 14.9. The van der Waals surface area contributed by atoms with Crippen LogP contribution in [0.15, 0.2) is 35.9 Å². The average Bonchev–Trinajstić information content (AvgIpc) is 3.07. The molecule has 1 N–H and O–H groups in total. The Morgan fingerprint density at radius 1 is 1.19 bits per heavy atom. The molecule has 1 aromatic carbocycles. The number of aliphatic hydroxyl groups is 1. The van der Waals surface area contributed by atoms with Crippen LogP contribution in [0.5, 0.6) is 0 Å². The number of aliphatic hydroxyl groups excluding tert-OH is 1. The Labute approximate surface area is 183 Å². The Morgan fingerprint density at radius 2 is 1.90 bits per heavy atom. The van der Waals surface area contributed by atoms with Gasteiger partial charge in [-0.2, -0.15) is 0 Å². The summed E-state index contributed by atoms with van der Waals surface area (Å²) in [5.74, 6) is -0.374. The van der Waals surface area contributed by atoms with E-state index in [1.54, 1.807) is 0 Å². The van der Waals surface area contributed by atoms with Gasteiger partial charge in [0.25, 0.3) is 0 Å². The van der Waals surface area contributed by atoms with Crippen LogP contribution in [0.1, 0.15) is 33.1 Å². The largest absolute Gasteiger partial charge is 0.461 e. The molecule has 31 heavy (non-hydrogen) atoms. The van der Waals surface area contributed by atoms with Crippen molar-refractivity contribution in [2.45, 2.75) is 45.3 Å². The normalized spacial score (nSPS) is 38.3. The Kier molecular flexibility index (Phi) is 5.33. The molecule has 3 fully saturated rings. The zero-order valence-electron chi connectivity index (χ0n) is 18.5. The van der Waals surface area contributed by atoms with Gasteiger partial charge in [-0.1, -0.05) is 25.5 Å². The van der Waals surface area contributed by atoms with Crippen molar-refractivity contribution in [1.82, 2.24) is 4.90 Å². The Hall–Kier alpha value is -1.92. The summed E-state index contributed by atoms with van der Waals surface area (Å²) in [6.07, 6.45) is 4.42. The van der Waals surface area contributed by atoms with E-state index in [1.165, 1.54) is 17.7 Å². The number of hydrogen-bond donors (Lipinski definition) is 1. The predicted octanol–water partition coefficient (Wildman–Crippen LogP) is 3.23. The fraction of sp³-hybridized carbons (Fsp3) is 0.640. The van der Waals surface area contributed by atoms with Crippen molar-refractivity contribution in [3.8, 4) is 0 Å². The predicted molar refractivity (Wildman–Crippen MR) is 117 cm³/mol. The second kappa shape index (κ2) is 7.89. The van der Waals surface area contributed by atoms with Gasteiger partial charge in [0.15, 0.2) is 0 Å². The van der Waals surface area contributed by atoms with Gasteiger partial charge in [-0.25, -0.2) is 4.39 Å². The number of rotatable bonds is 3. The van der Waals surface area contributed by atoms with Crippen molar-refractivity contribution >= 4 is 11.7 Å².